The topological polar surface area (TPSA) is 120 Å². The number of fused-ring (bicyclic) bond motifs is 1. The van der Waals surface area contributed by atoms with Gasteiger partial charge in [0, 0.05) is 23.7 Å². The predicted octanol–water partition coefficient (Wildman–Crippen LogP) is 1.95. The van der Waals surface area contributed by atoms with Gasteiger partial charge in [-0.2, -0.15) is 0 Å². The first-order valence-corrected chi connectivity index (χ1v) is 7.32. The van der Waals surface area contributed by atoms with Gasteiger partial charge in [-0.05, 0) is 6.42 Å². The van der Waals surface area contributed by atoms with E-state index >= 15 is 0 Å². The van der Waals surface area contributed by atoms with Crippen molar-refractivity contribution in [1.29, 1.82) is 0 Å². The van der Waals surface area contributed by atoms with Crippen molar-refractivity contribution in [2.75, 3.05) is 6.54 Å². The first kappa shape index (κ1) is 17.9. The minimum absolute atomic E-state index is 0.0835. The molecule has 0 saturated carbocycles. The Kier molecular flexibility index (Phi) is 5.28. The van der Waals surface area contributed by atoms with Crippen LogP contribution in [0.3, 0.4) is 0 Å². The quantitative estimate of drug-likeness (QED) is 0.346. The van der Waals surface area contributed by atoms with E-state index in [9.17, 15) is 24.9 Å². The predicted molar refractivity (Wildman–Crippen MR) is 93.6 cm³/mol. The van der Waals surface area contributed by atoms with Crippen LogP contribution in [0.1, 0.15) is 11.3 Å². The number of carbonyl (C=O) groups is 1. The molecule has 2 aromatic rings. The van der Waals surface area contributed by atoms with Gasteiger partial charge < -0.3 is 25.1 Å². The first-order chi connectivity index (χ1) is 12.0. The first-order valence-electron chi connectivity index (χ1n) is 7.32. The molecular weight excluding hydrogens is 326 g/mol. The van der Waals surface area contributed by atoms with Gasteiger partial charge in [0.2, 0.25) is 17.6 Å². The van der Waals surface area contributed by atoms with Crippen molar-refractivity contribution in [1.82, 2.24) is 5.32 Å². The normalized spacial score (nSPS) is 11.3. The number of hydrogen-bond donors (Lipinski definition) is 4. The van der Waals surface area contributed by atoms with Crippen molar-refractivity contribution < 1.29 is 24.5 Å². The van der Waals surface area contributed by atoms with E-state index in [4.69, 9.17) is 4.42 Å². The number of amides is 1. The molecule has 0 unspecified atom stereocenters. The molecule has 0 spiro atoms. The fourth-order valence-electron chi connectivity index (χ4n) is 2.43. The molecule has 4 N–H and O–H groups in total. The number of aromatic hydroxyl groups is 3. The molecule has 7 heteroatoms. The van der Waals surface area contributed by atoms with Crippen LogP contribution in [0.25, 0.3) is 16.5 Å². The molecule has 7 nitrogen and oxygen atoms in total. The van der Waals surface area contributed by atoms with E-state index in [1.54, 1.807) is 0 Å². The summed E-state index contributed by atoms with van der Waals surface area (Å²) in [4.78, 5) is 22.9. The molecule has 1 aromatic heterocycles. The Labute approximate surface area is 142 Å². The lowest BCUT2D eigenvalue weighted by atomic mass is 10.0. The van der Waals surface area contributed by atoms with Crippen LogP contribution < -0.4 is 10.7 Å². The summed E-state index contributed by atoms with van der Waals surface area (Å²) in [6, 6.07) is 0.989. The number of allylic oxidation sites excluding steroid dienone is 4. The zero-order valence-electron chi connectivity index (χ0n) is 13.3. The molecule has 2 rings (SSSR count). The maximum atomic E-state index is 12.5. The molecule has 130 valence electrons. The van der Waals surface area contributed by atoms with E-state index in [1.807, 2.05) is 0 Å². The minimum atomic E-state index is -0.852. The molecule has 1 amide bonds. The second-order valence-electron chi connectivity index (χ2n) is 5.09. The number of phenols is 2. The summed E-state index contributed by atoms with van der Waals surface area (Å²) < 4.78 is 5.63. The molecule has 0 aliphatic rings. The second-order valence-corrected chi connectivity index (χ2v) is 5.09. The van der Waals surface area contributed by atoms with E-state index < -0.39 is 16.9 Å². The summed E-state index contributed by atoms with van der Waals surface area (Å²) in [7, 11) is 0. The van der Waals surface area contributed by atoms with Crippen molar-refractivity contribution in [3.05, 3.63) is 59.0 Å². The molecule has 0 aliphatic heterocycles. The summed E-state index contributed by atoms with van der Waals surface area (Å²) in [6.45, 7) is 7.30. The van der Waals surface area contributed by atoms with E-state index in [-0.39, 0.29) is 41.0 Å². The fraction of sp³-hybridized carbons (Fsp3) is 0.111. The summed E-state index contributed by atoms with van der Waals surface area (Å²) >= 11 is 0. The number of phenolic OH excluding ortho intramolecular Hbond substituents is 2. The zero-order chi connectivity index (χ0) is 18.6. The number of carbonyl (C=O) groups excluding carboxylic acids is 1. The van der Waals surface area contributed by atoms with Gasteiger partial charge >= 0.3 is 0 Å². The summed E-state index contributed by atoms with van der Waals surface area (Å²) in [5.74, 6) is -1.69. The maximum absolute atomic E-state index is 12.5. The molecule has 25 heavy (non-hydrogen) atoms. The van der Waals surface area contributed by atoms with Crippen LogP contribution in [0.4, 0.5) is 0 Å². The molecule has 1 heterocycles. The van der Waals surface area contributed by atoms with E-state index in [0.29, 0.717) is 12.0 Å². The Morgan fingerprint density at radius 3 is 2.56 bits per heavy atom. The zero-order valence-corrected chi connectivity index (χ0v) is 13.3. The van der Waals surface area contributed by atoms with Crippen molar-refractivity contribution in [2.45, 2.75) is 6.42 Å². The van der Waals surface area contributed by atoms with Gasteiger partial charge in [-0.1, -0.05) is 31.4 Å². The Balaban J connectivity index is 2.86. The van der Waals surface area contributed by atoms with Crippen LogP contribution in [-0.2, 0) is 11.2 Å². The van der Waals surface area contributed by atoms with Gasteiger partial charge in [0.15, 0.2) is 5.76 Å². The Bertz CT molecular complexity index is 939. The fourth-order valence-corrected chi connectivity index (χ4v) is 2.43. The Morgan fingerprint density at radius 2 is 1.96 bits per heavy atom. The van der Waals surface area contributed by atoms with Gasteiger partial charge in [-0.3, -0.25) is 9.59 Å². The Hall–Kier alpha value is -3.48. The highest BCUT2D eigenvalue weighted by Crippen LogP contribution is 2.37. The Morgan fingerprint density at radius 1 is 1.24 bits per heavy atom. The lowest BCUT2D eigenvalue weighted by Gasteiger charge is -2.12. The third-order valence-corrected chi connectivity index (χ3v) is 3.58. The third-order valence-electron chi connectivity index (χ3n) is 3.58. The number of hydrogen-bond acceptors (Lipinski definition) is 6. The molecule has 1 aromatic carbocycles. The molecule has 0 atom stereocenters. The van der Waals surface area contributed by atoms with Crippen molar-refractivity contribution >= 4 is 23.0 Å². The molecule has 0 saturated heterocycles. The molecule has 0 bridgehead atoms. The summed E-state index contributed by atoms with van der Waals surface area (Å²) in [6.07, 6.45) is 4.91. The van der Waals surface area contributed by atoms with Crippen molar-refractivity contribution in [2.24, 2.45) is 0 Å². The van der Waals surface area contributed by atoms with Crippen LogP contribution in [0.15, 0.2) is 46.7 Å². The highest BCUT2D eigenvalue weighted by Gasteiger charge is 2.22. The molecule has 0 fully saturated rings. The van der Waals surface area contributed by atoms with E-state index in [2.05, 4.69) is 18.5 Å². The van der Waals surface area contributed by atoms with Crippen LogP contribution >= 0.6 is 0 Å². The molecular formula is C18H17NO6. The van der Waals surface area contributed by atoms with Crippen LogP contribution in [0, 0.1) is 0 Å². The molecule has 0 radical (unpaired) electrons. The minimum Gasteiger partial charge on any atom is -0.507 e. The highest BCUT2D eigenvalue weighted by atomic mass is 16.4. The smallest absolute Gasteiger partial charge is 0.238 e. The average molecular weight is 343 g/mol. The summed E-state index contributed by atoms with van der Waals surface area (Å²) in [5.41, 5.74) is -0.427. The molecule has 0 aliphatic carbocycles. The third kappa shape index (κ3) is 3.25. The standard InChI is InChI=1S/C18H17NO6/c1-3-5-10(4-2)17-16(24)15(23)14-13(22)8-12(21)11(18(14)25-17)6-7-19-9-20/h3-5,8-9,21-22,24H,1-2,6-7H2,(H,19,20)/b10-5+. The highest BCUT2D eigenvalue weighted by molar-refractivity contribution is 5.91. The van der Waals surface area contributed by atoms with Crippen molar-refractivity contribution in [3.8, 4) is 17.2 Å². The monoisotopic (exact) mass is 343 g/mol. The number of nitrogens with one attached hydrogen (secondary N) is 1. The van der Waals surface area contributed by atoms with Gasteiger partial charge in [0.1, 0.15) is 22.5 Å². The van der Waals surface area contributed by atoms with Gasteiger partial charge in [-0.15, -0.1) is 0 Å². The second kappa shape index (κ2) is 7.39. The average Bonchev–Trinajstić information content (AvgIpc) is 2.58. The largest absolute Gasteiger partial charge is 0.507 e. The van der Waals surface area contributed by atoms with Gasteiger partial charge in [-0.25, -0.2) is 0 Å². The van der Waals surface area contributed by atoms with Gasteiger partial charge in [0.25, 0.3) is 0 Å². The van der Waals surface area contributed by atoms with E-state index in [1.165, 1.54) is 18.2 Å². The lowest BCUT2D eigenvalue weighted by Crippen LogP contribution is -2.15. The van der Waals surface area contributed by atoms with Crippen molar-refractivity contribution in [3.63, 3.8) is 0 Å². The van der Waals surface area contributed by atoms with Crippen LogP contribution in [0.2, 0.25) is 0 Å². The lowest BCUT2D eigenvalue weighted by molar-refractivity contribution is -0.109. The number of rotatable bonds is 7. The van der Waals surface area contributed by atoms with Crippen LogP contribution in [0.5, 0.6) is 17.2 Å². The summed E-state index contributed by atoms with van der Waals surface area (Å²) in [5, 5.41) is 32.4. The maximum Gasteiger partial charge on any atom is 0.238 e. The SMILES string of the molecule is C=C/C=C(\C=C)c1oc2c(CCNC=O)c(O)cc(O)c2c(=O)c1O. The van der Waals surface area contributed by atoms with E-state index in [0.717, 1.165) is 6.07 Å². The van der Waals surface area contributed by atoms with Gasteiger partial charge in [0.05, 0.1) is 0 Å². The van der Waals surface area contributed by atoms with Crippen LogP contribution in [-0.4, -0.2) is 28.3 Å². The number of benzene rings is 1.